The van der Waals surface area contributed by atoms with E-state index in [2.05, 4.69) is 20.2 Å². The fraction of sp³-hybridized carbons (Fsp3) is 0.350. The molecule has 4 aromatic heterocycles. The Hall–Kier alpha value is -3.56. The lowest BCUT2D eigenvalue weighted by atomic mass is 9.89. The fourth-order valence-electron chi connectivity index (χ4n) is 4.40. The van der Waals surface area contributed by atoms with Crippen LogP contribution in [0.5, 0.6) is 5.88 Å². The first kappa shape index (κ1) is 17.3. The van der Waals surface area contributed by atoms with Gasteiger partial charge in [0.05, 0.1) is 18.3 Å². The van der Waals surface area contributed by atoms with Crippen LogP contribution in [0.1, 0.15) is 42.7 Å². The maximum absolute atomic E-state index is 13.6. The van der Waals surface area contributed by atoms with Crippen LogP contribution < -0.4 is 10.4 Å². The minimum atomic E-state index is -0.401. The molecule has 0 spiro atoms. The van der Waals surface area contributed by atoms with E-state index in [0.29, 0.717) is 30.7 Å². The number of hydrogen-bond donors (Lipinski definition) is 0. The third-order valence-corrected chi connectivity index (χ3v) is 5.96. The largest absolute Gasteiger partial charge is 0.473 e. The number of rotatable bonds is 4. The smallest absolute Gasteiger partial charge is 0.346 e. The average Bonchev–Trinajstić information content (AvgIpc) is 3.41. The van der Waals surface area contributed by atoms with Crippen LogP contribution in [0, 0.1) is 5.82 Å². The van der Waals surface area contributed by atoms with Crippen molar-refractivity contribution in [2.24, 2.45) is 0 Å². The average molecular weight is 407 g/mol. The van der Waals surface area contributed by atoms with Crippen LogP contribution in [0.2, 0.25) is 0 Å². The molecule has 6 rings (SSSR count). The molecule has 4 aromatic rings. The maximum atomic E-state index is 13.6. The zero-order valence-corrected chi connectivity index (χ0v) is 15.9. The van der Waals surface area contributed by atoms with Crippen molar-refractivity contribution in [1.82, 2.24) is 33.9 Å². The lowest BCUT2D eigenvalue weighted by Gasteiger charge is -2.34. The van der Waals surface area contributed by atoms with E-state index in [1.54, 1.807) is 20.0 Å². The molecule has 152 valence electrons. The molecular weight excluding hydrogens is 389 g/mol. The summed E-state index contributed by atoms with van der Waals surface area (Å²) in [6.45, 7) is 0. The molecule has 0 aromatic carbocycles. The van der Waals surface area contributed by atoms with Gasteiger partial charge in [0.2, 0.25) is 5.88 Å². The van der Waals surface area contributed by atoms with Gasteiger partial charge in [0.1, 0.15) is 29.6 Å². The van der Waals surface area contributed by atoms with Crippen LogP contribution in [0.4, 0.5) is 4.39 Å². The molecule has 5 heterocycles. The second kappa shape index (κ2) is 6.48. The van der Waals surface area contributed by atoms with Gasteiger partial charge in [0.15, 0.2) is 0 Å². The van der Waals surface area contributed by atoms with E-state index >= 15 is 0 Å². The molecule has 1 saturated carbocycles. The summed E-state index contributed by atoms with van der Waals surface area (Å²) in [5.74, 6) is 0.878. The second-order valence-electron chi connectivity index (χ2n) is 7.77. The van der Waals surface area contributed by atoms with E-state index in [0.717, 1.165) is 17.8 Å². The third-order valence-electron chi connectivity index (χ3n) is 5.96. The summed E-state index contributed by atoms with van der Waals surface area (Å²) in [4.78, 5) is 21.2. The lowest BCUT2D eigenvalue weighted by Crippen LogP contribution is -2.41. The van der Waals surface area contributed by atoms with Gasteiger partial charge < -0.3 is 4.74 Å². The molecule has 2 aliphatic rings. The number of hydrogen-bond acceptors (Lipinski definition) is 6. The van der Waals surface area contributed by atoms with Gasteiger partial charge in [-0.1, -0.05) is 0 Å². The first-order valence-corrected chi connectivity index (χ1v) is 9.93. The summed E-state index contributed by atoms with van der Waals surface area (Å²) in [5, 5.41) is 8.69. The van der Waals surface area contributed by atoms with Crippen LogP contribution in [-0.2, 0) is 6.42 Å². The van der Waals surface area contributed by atoms with Crippen molar-refractivity contribution >= 4 is 5.52 Å². The minimum absolute atomic E-state index is 0.0171. The normalized spacial score (nSPS) is 22.8. The summed E-state index contributed by atoms with van der Waals surface area (Å²) >= 11 is 0. The quantitative estimate of drug-likeness (QED) is 0.513. The van der Waals surface area contributed by atoms with Crippen LogP contribution in [0.15, 0.2) is 47.9 Å². The Morgan fingerprint density at radius 3 is 3.00 bits per heavy atom. The molecule has 0 N–H and O–H groups in total. The van der Waals surface area contributed by atoms with E-state index in [1.807, 2.05) is 18.3 Å². The first-order valence-electron chi connectivity index (χ1n) is 9.93. The molecule has 10 heteroatoms. The van der Waals surface area contributed by atoms with Crippen LogP contribution in [0.3, 0.4) is 0 Å². The molecule has 1 aliphatic heterocycles. The monoisotopic (exact) mass is 407 g/mol. The van der Waals surface area contributed by atoms with Crippen molar-refractivity contribution in [3.63, 3.8) is 0 Å². The van der Waals surface area contributed by atoms with Gasteiger partial charge in [-0.05, 0) is 30.2 Å². The maximum Gasteiger partial charge on any atom is 0.346 e. The minimum Gasteiger partial charge on any atom is -0.473 e. The zero-order chi connectivity index (χ0) is 20.2. The summed E-state index contributed by atoms with van der Waals surface area (Å²) in [6, 6.07) is 4.99. The summed E-state index contributed by atoms with van der Waals surface area (Å²) in [5.41, 5.74) is 1.35. The summed E-state index contributed by atoms with van der Waals surface area (Å²) < 4.78 is 24.6. The van der Waals surface area contributed by atoms with E-state index in [-0.39, 0.29) is 23.9 Å². The first-order chi connectivity index (χ1) is 14.7. The predicted octanol–water partition coefficient (Wildman–Crippen LogP) is 1.94. The Morgan fingerprint density at radius 2 is 2.13 bits per heavy atom. The van der Waals surface area contributed by atoms with Crippen molar-refractivity contribution in [3.05, 3.63) is 70.8 Å². The van der Waals surface area contributed by atoms with Crippen molar-refractivity contribution in [2.45, 2.75) is 43.9 Å². The van der Waals surface area contributed by atoms with Crippen molar-refractivity contribution < 1.29 is 9.13 Å². The fourth-order valence-corrected chi connectivity index (χ4v) is 4.40. The highest BCUT2D eigenvalue weighted by Gasteiger charge is 2.38. The van der Waals surface area contributed by atoms with E-state index in [4.69, 9.17) is 4.74 Å². The van der Waals surface area contributed by atoms with Gasteiger partial charge in [-0.3, -0.25) is 9.55 Å². The van der Waals surface area contributed by atoms with Gasteiger partial charge in [-0.25, -0.2) is 18.4 Å². The molecule has 1 aliphatic carbocycles. The highest BCUT2D eigenvalue weighted by Crippen LogP contribution is 2.36. The van der Waals surface area contributed by atoms with E-state index < -0.39 is 5.82 Å². The van der Waals surface area contributed by atoms with Crippen LogP contribution in [0.25, 0.3) is 5.52 Å². The van der Waals surface area contributed by atoms with Crippen LogP contribution >= 0.6 is 0 Å². The van der Waals surface area contributed by atoms with Gasteiger partial charge in [-0.15, -0.1) is 0 Å². The standard InChI is InChI=1S/C20H18FN7O2/c21-13-6-12(9-22-10-13)16-3-4-18-25-28(20(29)27(16)18)14-7-15(8-14)30-19-17-2-1-5-26(17)24-11-23-19/h1-2,5-6,9-11,14-16H,3-4,7-8H2/t14-,15-,16?. The Labute approximate surface area is 169 Å². The van der Waals surface area contributed by atoms with Gasteiger partial charge >= 0.3 is 5.69 Å². The van der Waals surface area contributed by atoms with E-state index in [9.17, 15) is 9.18 Å². The van der Waals surface area contributed by atoms with Crippen LogP contribution in [-0.4, -0.2) is 40.0 Å². The number of ether oxygens (including phenoxy) is 1. The number of nitrogens with zero attached hydrogens (tertiary/aromatic N) is 7. The molecule has 30 heavy (non-hydrogen) atoms. The van der Waals surface area contributed by atoms with Gasteiger partial charge in [0.25, 0.3) is 0 Å². The van der Waals surface area contributed by atoms with Crippen molar-refractivity contribution in [2.75, 3.05) is 0 Å². The third kappa shape index (κ3) is 2.63. The topological polar surface area (TPSA) is 92.1 Å². The molecule has 0 amide bonds. The molecule has 1 unspecified atom stereocenters. The van der Waals surface area contributed by atoms with Gasteiger partial charge in [0, 0.05) is 31.7 Å². The highest BCUT2D eigenvalue weighted by molar-refractivity contribution is 5.55. The van der Waals surface area contributed by atoms with Crippen molar-refractivity contribution in [3.8, 4) is 5.88 Å². The molecule has 1 atom stereocenters. The number of halogens is 1. The predicted molar refractivity (Wildman–Crippen MR) is 103 cm³/mol. The van der Waals surface area contributed by atoms with E-state index in [1.165, 1.54) is 18.6 Å². The molecule has 0 saturated heterocycles. The number of aryl methyl sites for hydroxylation is 1. The van der Waals surface area contributed by atoms with Crippen molar-refractivity contribution in [1.29, 1.82) is 0 Å². The SMILES string of the molecule is O=c1n2c(nn1[C@H]1C[C@H](Oc3ncnn4cccc34)C1)CCC2c1cncc(F)c1. The number of aromatic nitrogens is 7. The Bertz CT molecular complexity index is 1300. The Balaban J connectivity index is 1.21. The summed E-state index contributed by atoms with van der Waals surface area (Å²) in [6.07, 6.45) is 8.82. The molecule has 0 radical (unpaired) electrons. The number of fused-ring (bicyclic) bond motifs is 2. The molecule has 1 fully saturated rings. The lowest BCUT2D eigenvalue weighted by molar-refractivity contribution is 0.0593. The zero-order valence-electron chi connectivity index (χ0n) is 15.9. The molecular formula is C20H18FN7O2. The summed E-state index contributed by atoms with van der Waals surface area (Å²) in [7, 11) is 0. The highest BCUT2D eigenvalue weighted by atomic mass is 19.1. The van der Waals surface area contributed by atoms with Gasteiger partial charge in [-0.2, -0.15) is 15.2 Å². The molecule has 0 bridgehead atoms. The second-order valence-corrected chi connectivity index (χ2v) is 7.77. The number of pyridine rings is 1. The Kier molecular flexibility index (Phi) is 3.74. The molecule has 9 nitrogen and oxygen atoms in total. The Morgan fingerprint density at radius 1 is 1.23 bits per heavy atom.